The average Bonchev–Trinajstić information content (AvgIpc) is 2.82. The number of hydrogen-bond donors (Lipinski definition) is 0. The van der Waals surface area contributed by atoms with Crippen LogP contribution in [0.25, 0.3) is 6.08 Å². The smallest absolute Gasteiger partial charge is 0.338 e. The third kappa shape index (κ3) is 5.40. The van der Waals surface area contributed by atoms with E-state index in [1.165, 1.54) is 23.1 Å². The molecule has 32 heavy (non-hydrogen) atoms. The number of ether oxygens (including phenoxy) is 2. The summed E-state index contributed by atoms with van der Waals surface area (Å²) >= 11 is 0. The third-order valence-corrected chi connectivity index (χ3v) is 4.76. The first-order valence-electron chi connectivity index (χ1n) is 10.2. The third-order valence-electron chi connectivity index (χ3n) is 4.76. The molecule has 0 fully saturated rings. The number of carbonyl (C=O) groups excluding carboxylic acids is 2. The Kier molecular flexibility index (Phi) is 7.75. The van der Waals surface area contributed by atoms with Crippen molar-refractivity contribution in [3.05, 3.63) is 101 Å². The average molecular weight is 433 g/mol. The number of hydrogen-bond acceptors (Lipinski definition) is 4. The van der Waals surface area contributed by atoms with Gasteiger partial charge in [-0.3, -0.25) is 4.79 Å². The molecule has 3 aromatic rings. The molecule has 0 saturated carbocycles. The molecule has 0 aliphatic carbocycles. The lowest BCUT2D eigenvalue weighted by atomic mass is 10.1. The zero-order chi connectivity index (χ0) is 22.9. The topological polar surface area (TPSA) is 55.8 Å². The number of carbonyl (C=O) groups is 2. The highest BCUT2D eigenvalue weighted by Crippen LogP contribution is 2.22. The van der Waals surface area contributed by atoms with E-state index in [2.05, 4.69) is 0 Å². The van der Waals surface area contributed by atoms with Crippen LogP contribution >= 0.6 is 0 Å². The summed E-state index contributed by atoms with van der Waals surface area (Å²) < 4.78 is 24.7. The molecular weight excluding hydrogens is 409 g/mol. The molecule has 0 aliphatic rings. The molecule has 1 amide bonds. The van der Waals surface area contributed by atoms with Crippen molar-refractivity contribution in [1.82, 2.24) is 0 Å². The van der Waals surface area contributed by atoms with E-state index in [4.69, 9.17) is 9.47 Å². The van der Waals surface area contributed by atoms with Crippen molar-refractivity contribution in [2.45, 2.75) is 6.92 Å². The summed E-state index contributed by atoms with van der Waals surface area (Å²) in [6, 6.07) is 19.8. The van der Waals surface area contributed by atoms with E-state index in [1.807, 2.05) is 30.3 Å². The summed E-state index contributed by atoms with van der Waals surface area (Å²) in [7, 11) is 1.59. The summed E-state index contributed by atoms with van der Waals surface area (Å²) in [5, 5.41) is 0. The second kappa shape index (κ2) is 10.9. The molecule has 0 unspecified atom stereocenters. The van der Waals surface area contributed by atoms with Gasteiger partial charge in [-0.15, -0.1) is 0 Å². The Morgan fingerprint density at radius 1 is 0.969 bits per heavy atom. The fourth-order valence-electron chi connectivity index (χ4n) is 3.17. The van der Waals surface area contributed by atoms with Crippen LogP contribution in [-0.2, 0) is 4.74 Å². The summed E-state index contributed by atoms with van der Waals surface area (Å²) in [6.07, 6.45) is 3.64. The van der Waals surface area contributed by atoms with Gasteiger partial charge in [-0.25, -0.2) is 9.18 Å². The molecular formula is C26H24FNO4. The molecule has 3 aromatic carbocycles. The molecule has 0 N–H and O–H groups in total. The molecule has 0 bridgehead atoms. The number of methoxy groups -OCH3 is 1. The number of rotatable bonds is 8. The molecule has 164 valence electrons. The number of amides is 1. The Labute approximate surface area is 186 Å². The first-order valence-corrected chi connectivity index (χ1v) is 10.2. The van der Waals surface area contributed by atoms with Crippen molar-refractivity contribution in [2.24, 2.45) is 0 Å². The maximum Gasteiger partial charge on any atom is 0.338 e. The monoisotopic (exact) mass is 433 g/mol. The number of nitrogens with zero attached hydrogens (tertiary/aromatic N) is 1. The Hall–Kier alpha value is -3.93. The summed E-state index contributed by atoms with van der Waals surface area (Å²) in [6.45, 7) is 2.19. The molecule has 5 nitrogen and oxygen atoms in total. The predicted molar refractivity (Wildman–Crippen MR) is 123 cm³/mol. The van der Waals surface area contributed by atoms with Crippen LogP contribution in [0.5, 0.6) is 5.75 Å². The van der Waals surface area contributed by atoms with E-state index in [1.54, 1.807) is 50.4 Å². The lowest BCUT2D eigenvalue weighted by Gasteiger charge is -2.22. The highest BCUT2D eigenvalue weighted by atomic mass is 19.1. The van der Waals surface area contributed by atoms with Gasteiger partial charge in [0.25, 0.3) is 5.91 Å². The Balaban J connectivity index is 1.91. The van der Waals surface area contributed by atoms with Gasteiger partial charge in [0.1, 0.15) is 11.6 Å². The van der Waals surface area contributed by atoms with Crippen molar-refractivity contribution in [3.63, 3.8) is 0 Å². The van der Waals surface area contributed by atoms with Gasteiger partial charge in [-0.2, -0.15) is 0 Å². The van der Waals surface area contributed by atoms with Gasteiger partial charge in [0.2, 0.25) is 0 Å². The first-order chi connectivity index (χ1) is 15.5. The van der Waals surface area contributed by atoms with Gasteiger partial charge in [0.15, 0.2) is 0 Å². The van der Waals surface area contributed by atoms with E-state index in [0.29, 0.717) is 17.0 Å². The quantitative estimate of drug-likeness (QED) is 0.448. The van der Waals surface area contributed by atoms with Crippen molar-refractivity contribution in [1.29, 1.82) is 0 Å². The largest absolute Gasteiger partial charge is 0.496 e. The van der Waals surface area contributed by atoms with Gasteiger partial charge in [0, 0.05) is 17.8 Å². The van der Waals surface area contributed by atoms with Crippen LogP contribution in [-0.4, -0.2) is 32.1 Å². The Bertz CT molecular complexity index is 1110. The molecule has 0 spiro atoms. The van der Waals surface area contributed by atoms with Crippen LogP contribution in [0.1, 0.15) is 33.2 Å². The number of halogens is 1. The second-order valence-corrected chi connectivity index (χ2v) is 6.81. The van der Waals surface area contributed by atoms with Crippen molar-refractivity contribution in [2.75, 3.05) is 25.2 Å². The normalized spacial score (nSPS) is 10.7. The molecule has 0 heterocycles. The zero-order valence-corrected chi connectivity index (χ0v) is 18.0. The Morgan fingerprint density at radius 3 is 2.34 bits per heavy atom. The minimum atomic E-state index is -0.598. The standard InChI is InChI=1S/C26H24FNO4/c1-3-32-26(30)20-14-16-21(17-15-20)28(25(29)22-11-5-6-12-23(22)27)18-8-10-19-9-4-7-13-24(19)31-2/h4-17H,3,18H2,1-2H3/b10-8+. The highest BCUT2D eigenvalue weighted by molar-refractivity contribution is 6.06. The fraction of sp³-hybridized carbons (Fsp3) is 0.154. The summed E-state index contributed by atoms with van der Waals surface area (Å²) in [5.74, 6) is -0.826. The molecule has 6 heteroatoms. The van der Waals surface area contributed by atoms with E-state index in [-0.39, 0.29) is 18.7 Å². The van der Waals surface area contributed by atoms with Crippen LogP contribution in [0.15, 0.2) is 78.9 Å². The Morgan fingerprint density at radius 2 is 1.66 bits per heavy atom. The van der Waals surface area contributed by atoms with Gasteiger partial charge < -0.3 is 14.4 Å². The number of anilines is 1. The summed E-state index contributed by atoms with van der Waals surface area (Å²) in [4.78, 5) is 26.6. The van der Waals surface area contributed by atoms with Crippen molar-refractivity contribution >= 4 is 23.6 Å². The van der Waals surface area contributed by atoms with Gasteiger partial charge in [0.05, 0.1) is 24.8 Å². The van der Waals surface area contributed by atoms with Crippen LogP contribution < -0.4 is 9.64 Å². The van der Waals surface area contributed by atoms with Crippen LogP contribution in [0.3, 0.4) is 0 Å². The lowest BCUT2D eigenvalue weighted by molar-refractivity contribution is 0.0526. The van der Waals surface area contributed by atoms with Gasteiger partial charge in [-0.05, 0) is 49.4 Å². The molecule has 0 aromatic heterocycles. The van der Waals surface area contributed by atoms with Gasteiger partial charge >= 0.3 is 5.97 Å². The van der Waals surface area contributed by atoms with Crippen molar-refractivity contribution < 1.29 is 23.5 Å². The SMILES string of the molecule is CCOC(=O)c1ccc(N(C/C=C/c2ccccc2OC)C(=O)c2ccccc2F)cc1. The van der Waals surface area contributed by atoms with Crippen LogP contribution in [0.4, 0.5) is 10.1 Å². The number of esters is 1. The number of benzene rings is 3. The van der Waals surface area contributed by atoms with Gasteiger partial charge in [-0.1, -0.05) is 42.5 Å². The van der Waals surface area contributed by atoms with E-state index in [9.17, 15) is 14.0 Å². The molecule has 0 radical (unpaired) electrons. The van der Waals surface area contributed by atoms with Crippen molar-refractivity contribution in [3.8, 4) is 5.75 Å². The molecule has 0 atom stereocenters. The highest BCUT2D eigenvalue weighted by Gasteiger charge is 2.20. The molecule has 0 aliphatic heterocycles. The minimum absolute atomic E-state index is 0.0346. The van der Waals surface area contributed by atoms with E-state index in [0.717, 1.165) is 5.56 Å². The molecule has 3 rings (SSSR count). The fourth-order valence-corrected chi connectivity index (χ4v) is 3.17. The predicted octanol–water partition coefficient (Wildman–Crippen LogP) is 5.37. The number of para-hydroxylation sites is 1. The first kappa shape index (κ1) is 22.7. The molecule has 0 saturated heterocycles. The second-order valence-electron chi connectivity index (χ2n) is 6.81. The van der Waals surface area contributed by atoms with E-state index < -0.39 is 17.7 Å². The zero-order valence-electron chi connectivity index (χ0n) is 18.0. The van der Waals surface area contributed by atoms with Crippen LogP contribution in [0, 0.1) is 5.82 Å². The minimum Gasteiger partial charge on any atom is -0.496 e. The maximum absolute atomic E-state index is 14.3. The maximum atomic E-state index is 14.3. The summed E-state index contributed by atoms with van der Waals surface area (Å²) in [5.41, 5.74) is 1.72. The van der Waals surface area contributed by atoms with Crippen LogP contribution in [0.2, 0.25) is 0 Å². The lowest BCUT2D eigenvalue weighted by Crippen LogP contribution is -2.31. The van der Waals surface area contributed by atoms with E-state index >= 15 is 0 Å².